The number of aliphatic hydroxyl groups excluding tert-OH is 1. The lowest BCUT2D eigenvalue weighted by Crippen LogP contribution is -2.26. The predicted octanol–water partition coefficient (Wildman–Crippen LogP) is 3.36. The summed E-state index contributed by atoms with van der Waals surface area (Å²) >= 11 is 0. The number of rotatable bonds is 3. The average molecular weight is 305 g/mol. The van der Waals surface area contributed by atoms with E-state index < -0.39 is 17.8 Å². The summed E-state index contributed by atoms with van der Waals surface area (Å²) in [6.45, 7) is 7.20. The molecule has 1 aromatic carbocycles. The number of ether oxygens (including phenoxy) is 2. The second-order valence-corrected chi connectivity index (χ2v) is 6.44. The molecule has 0 aliphatic carbocycles. The summed E-state index contributed by atoms with van der Waals surface area (Å²) in [5, 5.41) is 10.6. The van der Waals surface area contributed by atoms with Crippen molar-refractivity contribution in [2.24, 2.45) is 0 Å². The first kappa shape index (κ1) is 16.4. The Balaban J connectivity index is 2.54. The number of fused-ring (bicyclic) bond motifs is 1. The highest BCUT2D eigenvalue weighted by Crippen LogP contribution is 2.27. The molecule has 1 heterocycles. The van der Waals surface area contributed by atoms with E-state index >= 15 is 0 Å². The lowest BCUT2D eigenvalue weighted by molar-refractivity contribution is 0.0544. The molecule has 2 aromatic rings. The van der Waals surface area contributed by atoms with Crippen LogP contribution >= 0.6 is 0 Å². The van der Waals surface area contributed by atoms with Crippen LogP contribution in [0.5, 0.6) is 5.75 Å². The monoisotopic (exact) mass is 305 g/mol. The molecule has 2 rings (SSSR count). The van der Waals surface area contributed by atoms with Gasteiger partial charge in [0.2, 0.25) is 0 Å². The predicted molar refractivity (Wildman–Crippen MR) is 85.5 cm³/mol. The van der Waals surface area contributed by atoms with Crippen molar-refractivity contribution < 1.29 is 19.4 Å². The summed E-state index contributed by atoms with van der Waals surface area (Å²) in [6, 6.07) is 5.53. The zero-order valence-corrected chi connectivity index (χ0v) is 13.7. The van der Waals surface area contributed by atoms with E-state index in [2.05, 4.69) is 0 Å². The van der Waals surface area contributed by atoms with Gasteiger partial charge in [-0.15, -0.1) is 0 Å². The molecule has 1 atom stereocenters. The summed E-state index contributed by atoms with van der Waals surface area (Å²) in [6.07, 6.45) is 1.27. The maximum absolute atomic E-state index is 12.4. The molecular weight excluding hydrogens is 282 g/mol. The van der Waals surface area contributed by atoms with Gasteiger partial charge in [-0.2, -0.15) is 0 Å². The molecule has 1 N–H and O–H groups in total. The van der Waals surface area contributed by atoms with Crippen LogP contribution in [0.15, 0.2) is 24.4 Å². The highest BCUT2D eigenvalue weighted by atomic mass is 16.6. The van der Waals surface area contributed by atoms with Gasteiger partial charge >= 0.3 is 6.09 Å². The van der Waals surface area contributed by atoms with E-state index in [1.165, 1.54) is 4.57 Å². The van der Waals surface area contributed by atoms with Crippen LogP contribution in [-0.4, -0.2) is 34.6 Å². The summed E-state index contributed by atoms with van der Waals surface area (Å²) in [7, 11) is 1.58. The Morgan fingerprint density at radius 3 is 2.59 bits per heavy atom. The van der Waals surface area contributed by atoms with Crippen LogP contribution in [0.1, 0.15) is 33.3 Å². The van der Waals surface area contributed by atoms with Crippen LogP contribution in [-0.2, 0) is 11.2 Å². The number of hydrogen-bond donors (Lipinski definition) is 1. The van der Waals surface area contributed by atoms with Crippen molar-refractivity contribution in [3.8, 4) is 5.75 Å². The van der Waals surface area contributed by atoms with Crippen molar-refractivity contribution in [2.75, 3.05) is 7.11 Å². The molecule has 22 heavy (non-hydrogen) atoms. The number of methoxy groups -OCH3 is 1. The average Bonchev–Trinajstić information content (AvgIpc) is 2.74. The number of carbonyl (C=O) groups is 1. The van der Waals surface area contributed by atoms with E-state index in [0.717, 1.165) is 10.9 Å². The molecule has 0 amide bonds. The van der Waals surface area contributed by atoms with E-state index in [-0.39, 0.29) is 0 Å². The van der Waals surface area contributed by atoms with Crippen LogP contribution in [0.4, 0.5) is 4.79 Å². The lowest BCUT2D eigenvalue weighted by Gasteiger charge is -2.19. The largest absolute Gasteiger partial charge is 0.497 e. The van der Waals surface area contributed by atoms with Gasteiger partial charge in [0.05, 0.1) is 18.7 Å². The van der Waals surface area contributed by atoms with Gasteiger partial charge in [0.15, 0.2) is 0 Å². The highest BCUT2D eigenvalue weighted by Gasteiger charge is 2.21. The second-order valence-electron chi connectivity index (χ2n) is 6.44. The minimum atomic E-state index is -0.572. The van der Waals surface area contributed by atoms with Crippen LogP contribution in [0.25, 0.3) is 10.9 Å². The molecule has 0 aliphatic rings. The van der Waals surface area contributed by atoms with Crippen molar-refractivity contribution in [3.63, 3.8) is 0 Å². The quantitative estimate of drug-likeness (QED) is 0.944. The van der Waals surface area contributed by atoms with Crippen LogP contribution in [0.3, 0.4) is 0 Å². The molecule has 1 aromatic heterocycles. The standard InChI is InChI=1S/C17H23NO4/c1-11(19)8-12-10-18(16(20)22-17(2,3)4)15-9-13(21-5)6-7-14(12)15/h6-7,9-11,19H,8H2,1-5H3. The molecule has 5 heteroatoms. The summed E-state index contributed by atoms with van der Waals surface area (Å²) in [4.78, 5) is 12.4. The normalized spacial score (nSPS) is 13.2. The number of nitrogens with zero attached hydrogens (tertiary/aromatic N) is 1. The van der Waals surface area contributed by atoms with Gasteiger partial charge < -0.3 is 14.6 Å². The molecule has 0 saturated carbocycles. The van der Waals surface area contributed by atoms with E-state index in [0.29, 0.717) is 17.7 Å². The molecule has 5 nitrogen and oxygen atoms in total. The number of aromatic nitrogens is 1. The molecule has 0 spiro atoms. The molecule has 0 saturated heterocycles. The Morgan fingerprint density at radius 1 is 1.36 bits per heavy atom. The fourth-order valence-corrected chi connectivity index (χ4v) is 2.35. The molecule has 0 bridgehead atoms. The molecule has 1 unspecified atom stereocenters. The lowest BCUT2D eigenvalue weighted by atomic mass is 10.1. The molecular formula is C17H23NO4. The number of carbonyl (C=O) groups excluding carboxylic acids is 1. The van der Waals surface area contributed by atoms with E-state index in [1.807, 2.05) is 32.9 Å². The minimum absolute atomic E-state index is 0.442. The summed E-state index contributed by atoms with van der Waals surface area (Å²) in [5.74, 6) is 0.666. The Hall–Kier alpha value is -2.01. The fourth-order valence-electron chi connectivity index (χ4n) is 2.35. The fraction of sp³-hybridized carbons (Fsp3) is 0.471. The summed E-state index contributed by atoms with van der Waals surface area (Å²) < 4.78 is 12.2. The van der Waals surface area contributed by atoms with E-state index in [9.17, 15) is 9.90 Å². The van der Waals surface area contributed by atoms with Gasteiger partial charge in [-0.3, -0.25) is 4.57 Å². The van der Waals surface area contributed by atoms with Crippen molar-refractivity contribution in [2.45, 2.75) is 45.8 Å². The van der Waals surface area contributed by atoms with Gasteiger partial charge in [-0.1, -0.05) is 0 Å². The van der Waals surface area contributed by atoms with Crippen LogP contribution < -0.4 is 4.74 Å². The topological polar surface area (TPSA) is 60.7 Å². The molecule has 0 radical (unpaired) electrons. The van der Waals surface area contributed by atoms with Gasteiger partial charge in [-0.05, 0) is 45.4 Å². The van der Waals surface area contributed by atoms with Gasteiger partial charge in [0, 0.05) is 24.1 Å². The van der Waals surface area contributed by atoms with Crippen LogP contribution in [0, 0.1) is 0 Å². The zero-order chi connectivity index (χ0) is 16.5. The third-order valence-corrected chi connectivity index (χ3v) is 3.20. The maximum Gasteiger partial charge on any atom is 0.419 e. The first-order valence-electron chi connectivity index (χ1n) is 7.30. The van der Waals surface area contributed by atoms with Crippen molar-refractivity contribution in [1.82, 2.24) is 4.57 Å². The Labute approximate surface area is 130 Å². The highest BCUT2D eigenvalue weighted by molar-refractivity contribution is 5.93. The van der Waals surface area contributed by atoms with Gasteiger partial charge in [0.25, 0.3) is 0 Å². The number of benzene rings is 1. The van der Waals surface area contributed by atoms with E-state index in [1.54, 1.807) is 26.3 Å². The minimum Gasteiger partial charge on any atom is -0.497 e. The Bertz CT molecular complexity index is 680. The first-order chi connectivity index (χ1) is 10.2. The van der Waals surface area contributed by atoms with Gasteiger partial charge in [-0.25, -0.2) is 4.79 Å². The zero-order valence-electron chi connectivity index (χ0n) is 13.7. The third-order valence-electron chi connectivity index (χ3n) is 3.20. The SMILES string of the molecule is COc1ccc2c(CC(C)O)cn(C(=O)OC(C)(C)C)c2c1. The van der Waals surface area contributed by atoms with Crippen molar-refractivity contribution in [3.05, 3.63) is 30.0 Å². The third kappa shape index (κ3) is 3.60. The second kappa shape index (κ2) is 6.01. The molecule has 0 aliphatic heterocycles. The molecule has 120 valence electrons. The first-order valence-corrected chi connectivity index (χ1v) is 7.30. The van der Waals surface area contributed by atoms with Gasteiger partial charge in [0.1, 0.15) is 11.4 Å². The number of hydrogen-bond acceptors (Lipinski definition) is 4. The Morgan fingerprint density at radius 2 is 2.05 bits per heavy atom. The Kier molecular flexibility index (Phi) is 4.47. The van der Waals surface area contributed by atoms with Crippen molar-refractivity contribution in [1.29, 1.82) is 0 Å². The molecule has 0 fully saturated rings. The van der Waals surface area contributed by atoms with Crippen molar-refractivity contribution >= 4 is 17.0 Å². The van der Waals surface area contributed by atoms with Crippen LogP contribution in [0.2, 0.25) is 0 Å². The summed E-state index contributed by atoms with van der Waals surface area (Å²) in [5.41, 5.74) is 1.04. The number of aliphatic hydroxyl groups is 1. The smallest absolute Gasteiger partial charge is 0.419 e. The maximum atomic E-state index is 12.4. The van der Waals surface area contributed by atoms with E-state index in [4.69, 9.17) is 9.47 Å².